The first-order chi connectivity index (χ1) is 7.26. The second-order valence-electron chi connectivity index (χ2n) is 2.85. The second kappa shape index (κ2) is 4.85. The van der Waals surface area contributed by atoms with Crippen LogP contribution in [0.5, 0.6) is 5.75 Å². The number of halogens is 4. The summed E-state index contributed by atoms with van der Waals surface area (Å²) in [6.07, 6.45) is 0. The van der Waals surface area contributed by atoms with E-state index in [2.05, 4.69) is 20.7 Å². The van der Waals surface area contributed by atoms with Crippen molar-refractivity contribution in [2.75, 3.05) is 7.11 Å². The fraction of sp³-hybridized carbons (Fsp3) is 0.250. The van der Waals surface area contributed by atoms with Crippen LogP contribution in [0.1, 0.15) is 5.56 Å². The molecule has 1 aromatic carbocycles. The van der Waals surface area contributed by atoms with Crippen LogP contribution >= 0.6 is 26.6 Å². The second-order valence-corrected chi connectivity index (χ2v) is 6.42. The average molecular weight is 336 g/mol. The van der Waals surface area contributed by atoms with E-state index in [1.807, 2.05) is 0 Å². The van der Waals surface area contributed by atoms with Gasteiger partial charge in [-0.2, -0.15) is 0 Å². The summed E-state index contributed by atoms with van der Waals surface area (Å²) in [7, 11) is 2.14. The molecule has 0 aliphatic carbocycles. The molecule has 0 fully saturated rings. The summed E-state index contributed by atoms with van der Waals surface area (Å²) in [5, 5.41) is 0. The van der Waals surface area contributed by atoms with E-state index in [1.165, 1.54) is 7.11 Å². The average Bonchev–Trinajstić information content (AvgIpc) is 2.17. The summed E-state index contributed by atoms with van der Waals surface area (Å²) in [5.74, 6) is -3.05. The zero-order valence-electron chi connectivity index (χ0n) is 7.93. The molecule has 0 atom stereocenters. The highest BCUT2D eigenvalue weighted by Gasteiger charge is 2.21. The lowest BCUT2D eigenvalue weighted by Gasteiger charge is -2.09. The quantitative estimate of drug-likeness (QED) is 0.630. The van der Waals surface area contributed by atoms with Gasteiger partial charge in [0.1, 0.15) is 17.4 Å². The molecule has 0 aromatic heterocycles. The third-order valence-electron chi connectivity index (χ3n) is 1.76. The van der Waals surface area contributed by atoms with Crippen molar-refractivity contribution in [1.29, 1.82) is 0 Å². The van der Waals surface area contributed by atoms with Crippen molar-refractivity contribution in [3.05, 3.63) is 27.7 Å². The summed E-state index contributed by atoms with van der Waals surface area (Å²) in [4.78, 5) is 0. The first-order valence-electron chi connectivity index (χ1n) is 3.89. The van der Waals surface area contributed by atoms with Gasteiger partial charge in [0.05, 0.1) is 17.3 Å². The summed E-state index contributed by atoms with van der Waals surface area (Å²) in [6, 6.07) is 0.880. The summed E-state index contributed by atoms with van der Waals surface area (Å²) in [5.41, 5.74) is -0.623. The molecule has 0 N–H and O–H groups in total. The zero-order valence-corrected chi connectivity index (χ0v) is 11.1. The molecule has 90 valence electrons. The van der Waals surface area contributed by atoms with Crippen molar-refractivity contribution < 1.29 is 21.9 Å². The molecule has 0 heterocycles. The van der Waals surface area contributed by atoms with E-state index in [1.54, 1.807) is 0 Å². The largest absolute Gasteiger partial charge is 0.495 e. The molecule has 0 saturated heterocycles. The summed E-state index contributed by atoms with van der Waals surface area (Å²) in [6.45, 7) is 0. The molecule has 0 aliphatic heterocycles. The van der Waals surface area contributed by atoms with Crippen molar-refractivity contribution >= 4 is 35.7 Å². The maximum Gasteiger partial charge on any atom is 0.236 e. The summed E-state index contributed by atoms with van der Waals surface area (Å²) < 4.78 is 52.9. The Kier molecular flexibility index (Phi) is 4.14. The first-order valence-corrected chi connectivity index (χ1v) is 7.16. The highest BCUT2D eigenvalue weighted by atomic mass is 79.9. The number of benzene rings is 1. The molecule has 16 heavy (non-hydrogen) atoms. The van der Waals surface area contributed by atoms with Gasteiger partial charge in [-0.05, 0) is 15.9 Å². The van der Waals surface area contributed by atoms with Gasteiger partial charge in [-0.25, -0.2) is 17.2 Å². The van der Waals surface area contributed by atoms with Crippen LogP contribution in [0, 0.1) is 11.6 Å². The Bertz CT molecular complexity index is 519. The topological polar surface area (TPSA) is 43.4 Å². The van der Waals surface area contributed by atoms with Gasteiger partial charge in [0.2, 0.25) is 9.05 Å². The van der Waals surface area contributed by atoms with Crippen molar-refractivity contribution in [2.45, 2.75) is 5.75 Å². The highest BCUT2D eigenvalue weighted by Crippen LogP contribution is 2.32. The lowest BCUT2D eigenvalue weighted by Crippen LogP contribution is -2.04. The maximum atomic E-state index is 13.6. The molecular weight excluding hydrogens is 330 g/mol. The van der Waals surface area contributed by atoms with Crippen LogP contribution in [0.15, 0.2) is 10.5 Å². The standard InChI is InChI=1S/C8H6BrClF2O3S/c1-15-6-2-5(11)4(3-16(10,13)14)8(12)7(6)9/h2H,3H2,1H3. The Morgan fingerprint density at radius 1 is 1.50 bits per heavy atom. The Labute approximate surface area is 104 Å². The smallest absolute Gasteiger partial charge is 0.236 e. The number of rotatable bonds is 3. The van der Waals surface area contributed by atoms with Gasteiger partial charge in [0.15, 0.2) is 0 Å². The van der Waals surface area contributed by atoms with Gasteiger partial charge in [0.25, 0.3) is 0 Å². The minimum atomic E-state index is -4.03. The van der Waals surface area contributed by atoms with E-state index < -0.39 is 32.0 Å². The maximum absolute atomic E-state index is 13.6. The summed E-state index contributed by atoms with van der Waals surface area (Å²) >= 11 is 2.83. The predicted octanol–water partition coefficient (Wildman–Crippen LogP) is 2.80. The van der Waals surface area contributed by atoms with Gasteiger partial charge >= 0.3 is 0 Å². The monoisotopic (exact) mass is 334 g/mol. The Balaban J connectivity index is 3.37. The van der Waals surface area contributed by atoms with E-state index >= 15 is 0 Å². The Morgan fingerprint density at radius 3 is 2.50 bits per heavy atom. The Morgan fingerprint density at radius 2 is 2.06 bits per heavy atom. The van der Waals surface area contributed by atoms with Crippen LogP contribution in [0.4, 0.5) is 8.78 Å². The number of methoxy groups -OCH3 is 1. The van der Waals surface area contributed by atoms with E-state index in [4.69, 9.17) is 10.7 Å². The molecule has 0 bridgehead atoms. The van der Waals surface area contributed by atoms with Crippen molar-refractivity contribution in [3.8, 4) is 5.75 Å². The molecule has 3 nitrogen and oxygen atoms in total. The van der Waals surface area contributed by atoms with Crippen molar-refractivity contribution in [2.24, 2.45) is 0 Å². The zero-order chi connectivity index (χ0) is 12.5. The number of ether oxygens (including phenoxy) is 1. The van der Waals surface area contributed by atoms with Gasteiger partial charge in [0, 0.05) is 22.3 Å². The molecule has 1 rings (SSSR count). The predicted molar refractivity (Wildman–Crippen MR) is 59.1 cm³/mol. The fourth-order valence-corrected chi connectivity index (χ4v) is 2.52. The molecule has 0 aliphatic rings. The molecule has 0 amide bonds. The molecule has 0 unspecified atom stereocenters. The highest BCUT2D eigenvalue weighted by molar-refractivity contribution is 9.10. The van der Waals surface area contributed by atoms with Crippen LogP contribution in [0.3, 0.4) is 0 Å². The third-order valence-corrected chi connectivity index (χ3v) is 3.46. The van der Waals surface area contributed by atoms with Crippen LogP contribution < -0.4 is 4.74 Å². The third kappa shape index (κ3) is 3.05. The molecule has 0 saturated carbocycles. The van der Waals surface area contributed by atoms with Gasteiger partial charge in [-0.1, -0.05) is 0 Å². The molecule has 1 aromatic rings. The van der Waals surface area contributed by atoms with Gasteiger partial charge in [-0.15, -0.1) is 0 Å². The normalized spacial score (nSPS) is 11.6. The molecule has 0 radical (unpaired) electrons. The van der Waals surface area contributed by atoms with E-state index in [-0.39, 0.29) is 10.2 Å². The number of hydrogen-bond acceptors (Lipinski definition) is 3. The van der Waals surface area contributed by atoms with Crippen LogP contribution in [-0.4, -0.2) is 15.5 Å². The fourth-order valence-electron chi connectivity index (χ4n) is 1.06. The van der Waals surface area contributed by atoms with Crippen molar-refractivity contribution in [3.63, 3.8) is 0 Å². The molecule has 0 spiro atoms. The minimum absolute atomic E-state index is 0.0641. The van der Waals surface area contributed by atoms with E-state index in [0.717, 1.165) is 6.07 Å². The lowest BCUT2D eigenvalue weighted by molar-refractivity contribution is 0.401. The van der Waals surface area contributed by atoms with Crippen molar-refractivity contribution in [1.82, 2.24) is 0 Å². The molecular formula is C8H6BrClF2O3S. The first kappa shape index (κ1) is 13.7. The van der Waals surface area contributed by atoms with Gasteiger partial charge < -0.3 is 4.74 Å². The Hall–Kier alpha value is -0.400. The van der Waals surface area contributed by atoms with Crippen LogP contribution in [0.25, 0.3) is 0 Å². The van der Waals surface area contributed by atoms with E-state index in [9.17, 15) is 17.2 Å². The lowest BCUT2D eigenvalue weighted by atomic mass is 10.2. The number of hydrogen-bond donors (Lipinski definition) is 0. The SMILES string of the molecule is COc1cc(F)c(CS(=O)(=O)Cl)c(F)c1Br. The van der Waals surface area contributed by atoms with Crippen LogP contribution in [-0.2, 0) is 14.8 Å². The minimum Gasteiger partial charge on any atom is -0.495 e. The van der Waals surface area contributed by atoms with Gasteiger partial charge in [-0.3, -0.25) is 0 Å². The molecule has 8 heteroatoms. The van der Waals surface area contributed by atoms with Crippen LogP contribution in [0.2, 0.25) is 0 Å². The van der Waals surface area contributed by atoms with E-state index in [0.29, 0.717) is 0 Å².